The molecule has 1 aromatic rings. The Bertz CT molecular complexity index is 361. The number of ketones is 1. The first-order chi connectivity index (χ1) is 6.93. The van der Waals surface area contributed by atoms with Crippen molar-refractivity contribution in [3.05, 3.63) is 20.8 Å². The van der Waals surface area contributed by atoms with E-state index < -0.39 is 5.54 Å². The number of Topliss-reactive ketones (excluding diaryl/α,β-unsaturated/α-hetero) is 1. The van der Waals surface area contributed by atoms with Gasteiger partial charge in [0.1, 0.15) is 0 Å². The maximum absolute atomic E-state index is 12.4. The molecule has 2 nitrogen and oxygen atoms in total. The normalized spacial score (nSPS) is 15.3. The van der Waals surface area contributed by atoms with E-state index in [4.69, 9.17) is 0 Å². The van der Waals surface area contributed by atoms with Gasteiger partial charge in [-0.2, -0.15) is 0 Å². The molecule has 0 saturated carbocycles. The highest BCUT2D eigenvalue weighted by atomic mass is 79.9. The van der Waals surface area contributed by atoms with E-state index in [2.05, 4.69) is 15.9 Å². The molecule has 0 N–H and O–H groups in total. The minimum absolute atomic E-state index is 0.192. The van der Waals surface area contributed by atoms with Crippen LogP contribution in [-0.4, -0.2) is 30.3 Å². The molecular weight excluding hydrogens is 274 g/mol. The van der Waals surface area contributed by atoms with Gasteiger partial charge in [-0.1, -0.05) is 6.92 Å². The lowest BCUT2D eigenvalue weighted by atomic mass is 9.91. The molecule has 0 fully saturated rings. The van der Waals surface area contributed by atoms with Crippen molar-refractivity contribution >= 4 is 33.0 Å². The second-order valence-corrected chi connectivity index (χ2v) is 5.72. The predicted molar refractivity (Wildman–Crippen MR) is 68.7 cm³/mol. The summed E-state index contributed by atoms with van der Waals surface area (Å²) < 4.78 is 0.902. The van der Waals surface area contributed by atoms with Crippen LogP contribution in [0.25, 0.3) is 0 Å². The highest BCUT2D eigenvalue weighted by Crippen LogP contribution is 2.30. The first kappa shape index (κ1) is 12.9. The first-order valence-corrected chi connectivity index (χ1v) is 6.56. The summed E-state index contributed by atoms with van der Waals surface area (Å²) in [6, 6.07) is 1.92. The second kappa shape index (κ2) is 4.76. The van der Waals surface area contributed by atoms with Crippen molar-refractivity contribution in [3.8, 4) is 0 Å². The zero-order valence-corrected chi connectivity index (χ0v) is 11.9. The Morgan fingerprint density at radius 1 is 1.60 bits per heavy atom. The van der Waals surface area contributed by atoms with Crippen LogP contribution in [0.2, 0.25) is 0 Å². The van der Waals surface area contributed by atoms with Crippen molar-refractivity contribution in [1.82, 2.24) is 4.90 Å². The Hall–Kier alpha value is -0.190. The van der Waals surface area contributed by atoms with Crippen LogP contribution in [-0.2, 0) is 0 Å². The van der Waals surface area contributed by atoms with Gasteiger partial charge < -0.3 is 0 Å². The number of rotatable bonds is 4. The number of thiophene rings is 1. The lowest BCUT2D eigenvalue weighted by Gasteiger charge is -2.33. The molecule has 0 bridgehead atoms. The Morgan fingerprint density at radius 3 is 2.53 bits per heavy atom. The van der Waals surface area contributed by atoms with Gasteiger partial charge in [-0.15, -0.1) is 11.3 Å². The summed E-state index contributed by atoms with van der Waals surface area (Å²) in [5.74, 6) is 0.192. The summed E-state index contributed by atoms with van der Waals surface area (Å²) in [5.41, 5.74) is -0.409. The van der Waals surface area contributed by atoms with E-state index in [0.29, 0.717) is 0 Å². The van der Waals surface area contributed by atoms with Crippen LogP contribution in [0, 0.1) is 0 Å². The maximum Gasteiger partial charge on any atom is 0.193 e. The zero-order valence-electron chi connectivity index (χ0n) is 9.50. The standard InChI is InChI=1S/C11H16BrNOS/c1-5-11(2,13(3)4)10(14)9-8(12)6-7-15-9/h6-7H,5H2,1-4H3. The summed E-state index contributed by atoms with van der Waals surface area (Å²) in [7, 11) is 3.89. The molecule has 15 heavy (non-hydrogen) atoms. The van der Waals surface area contributed by atoms with E-state index in [1.54, 1.807) is 0 Å². The smallest absolute Gasteiger partial charge is 0.193 e. The lowest BCUT2D eigenvalue weighted by Crippen LogP contribution is -2.47. The van der Waals surface area contributed by atoms with Gasteiger partial charge in [-0.25, -0.2) is 0 Å². The highest BCUT2D eigenvalue weighted by Gasteiger charge is 2.35. The van der Waals surface area contributed by atoms with Gasteiger partial charge in [0, 0.05) is 4.47 Å². The van der Waals surface area contributed by atoms with Gasteiger partial charge in [0.25, 0.3) is 0 Å². The Labute approximate surface area is 103 Å². The quantitative estimate of drug-likeness (QED) is 0.792. The minimum atomic E-state index is -0.409. The van der Waals surface area contributed by atoms with Crippen molar-refractivity contribution in [2.75, 3.05) is 14.1 Å². The van der Waals surface area contributed by atoms with Crippen LogP contribution < -0.4 is 0 Å². The molecule has 84 valence electrons. The topological polar surface area (TPSA) is 20.3 Å². The molecular formula is C11H16BrNOS. The monoisotopic (exact) mass is 289 g/mol. The largest absolute Gasteiger partial charge is 0.297 e. The fourth-order valence-corrected chi connectivity index (χ4v) is 3.00. The van der Waals surface area contributed by atoms with Crippen LogP contribution in [0.15, 0.2) is 15.9 Å². The van der Waals surface area contributed by atoms with E-state index >= 15 is 0 Å². The van der Waals surface area contributed by atoms with Crippen molar-refractivity contribution in [3.63, 3.8) is 0 Å². The summed E-state index contributed by atoms with van der Waals surface area (Å²) in [5, 5.41) is 1.93. The SMILES string of the molecule is CCC(C)(C(=O)c1sccc1Br)N(C)C. The molecule has 1 rings (SSSR count). The molecule has 1 unspecified atom stereocenters. The number of nitrogens with zero attached hydrogens (tertiary/aromatic N) is 1. The summed E-state index contributed by atoms with van der Waals surface area (Å²) >= 11 is 4.90. The Kier molecular flexibility index (Phi) is 4.09. The summed E-state index contributed by atoms with van der Waals surface area (Å²) in [6.07, 6.45) is 0.809. The van der Waals surface area contributed by atoms with Crippen LogP contribution in [0.4, 0.5) is 0 Å². The highest BCUT2D eigenvalue weighted by molar-refractivity contribution is 9.10. The third kappa shape index (κ3) is 2.32. The van der Waals surface area contributed by atoms with Crippen molar-refractivity contribution in [1.29, 1.82) is 0 Å². The second-order valence-electron chi connectivity index (χ2n) is 3.95. The van der Waals surface area contributed by atoms with E-state index in [1.165, 1.54) is 11.3 Å². The molecule has 0 aliphatic rings. The first-order valence-electron chi connectivity index (χ1n) is 4.88. The number of halogens is 1. The van der Waals surface area contributed by atoms with E-state index in [0.717, 1.165) is 15.8 Å². The molecule has 0 aliphatic heterocycles. The fraction of sp³-hybridized carbons (Fsp3) is 0.545. The van der Waals surface area contributed by atoms with Gasteiger partial charge in [0.15, 0.2) is 5.78 Å². The van der Waals surface area contributed by atoms with Gasteiger partial charge >= 0.3 is 0 Å². The van der Waals surface area contributed by atoms with E-state index in [-0.39, 0.29) is 5.78 Å². The number of carbonyl (C=O) groups is 1. The molecule has 0 spiro atoms. The molecule has 0 amide bonds. The minimum Gasteiger partial charge on any atom is -0.297 e. The van der Waals surface area contributed by atoms with Crippen LogP contribution >= 0.6 is 27.3 Å². The molecule has 1 atom stereocenters. The molecule has 0 radical (unpaired) electrons. The summed E-state index contributed by atoms with van der Waals surface area (Å²) in [4.78, 5) is 15.2. The molecule has 0 aromatic carbocycles. The predicted octanol–water partition coefficient (Wildman–Crippen LogP) is 3.42. The van der Waals surface area contributed by atoms with Gasteiger partial charge in [0.05, 0.1) is 10.4 Å². The molecule has 1 heterocycles. The Balaban J connectivity index is 3.08. The third-order valence-electron chi connectivity index (χ3n) is 2.99. The third-order valence-corrected chi connectivity index (χ3v) is 4.82. The van der Waals surface area contributed by atoms with E-state index in [9.17, 15) is 4.79 Å². The molecule has 1 aromatic heterocycles. The van der Waals surface area contributed by atoms with E-state index in [1.807, 2.05) is 44.3 Å². The zero-order chi connectivity index (χ0) is 11.6. The van der Waals surface area contributed by atoms with Gasteiger partial charge in [-0.3, -0.25) is 9.69 Å². The Morgan fingerprint density at radius 2 is 2.20 bits per heavy atom. The number of likely N-dealkylation sites (N-methyl/N-ethyl adjacent to an activating group) is 1. The van der Waals surface area contributed by atoms with Gasteiger partial charge in [0.2, 0.25) is 0 Å². The molecule has 4 heteroatoms. The van der Waals surface area contributed by atoms with Crippen molar-refractivity contribution in [2.24, 2.45) is 0 Å². The molecule has 0 saturated heterocycles. The van der Waals surface area contributed by atoms with Crippen LogP contribution in [0.3, 0.4) is 0 Å². The summed E-state index contributed by atoms with van der Waals surface area (Å²) in [6.45, 7) is 4.03. The number of carbonyl (C=O) groups excluding carboxylic acids is 1. The fourth-order valence-electron chi connectivity index (χ4n) is 1.38. The van der Waals surface area contributed by atoms with Crippen LogP contribution in [0.1, 0.15) is 29.9 Å². The maximum atomic E-state index is 12.4. The molecule has 0 aliphatic carbocycles. The average molecular weight is 290 g/mol. The van der Waals surface area contributed by atoms with Gasteiger partial charge in [-0.05, 0) is 54.8 Å². The van der Waals surface area contributed by atoms with Crippen LogP contribution in [0.5, 0.6) is 0 Å². The number of hydrogen-bond donors (Lipinski definition) is 0. The average Bonchev–Trinajstić information content (AvgIpc) is 2.61. The number of hydrogen-bond acceptors (Lipinski definition) is 3. The van der Waals surface area contributed by atoms with Crippen molar-refractivity contribution in [2.45, 2.75) is 25.8 Å². The van der Waals surface area contributed by atoms with Crippen molar-refractivity contribution < 1.29 is 4.79 Å². The lowest BCUT2D eigenvalue weighted by molar-refractivity contribution is 0.0714.